The molecule has 1 aromatic heterocycles. The molecule has 0 unspecified atom stereocenters. The number of allylic oxidation sites excluding steroid dienone is 1. The maximum Gasteiger partial charge on any atom is 0.261 e. The average molecular weight is 471 g/mol. The van der Waals surface area contributed by atoms with Gasteiger partial charge in [-0.05, 0) is 56.5 Å². The highest BCUT2D eigenvalue weighted by Gasteiger charge is 2.24. The number of nitrogens with zero attached hydrogens (tertiary/aromatic N) is 4. The number of hydrogen-bond donors (Lipinski definition) is 0. The van der Waals surface area contributed by atoms with Crippen LogP contribution in [-0.4, -0.2) is 59.0 Å². The second-order valence-electron chi connectivity index (χ2n) is 8.92. The van der Waals surface area contributed by atoms with Crippen molar-refractivity contribution in [2.45, 2.75) is 26.2 Å². The highest BCUT2D eigenvalue weighted by molar-refractivity contribution is 5.98. The summed E-state index contributed by atoms with van der Waals surface area (Å²) in [6.07, 6.45) is 8.53. The molecule has 7 heteroatoms. The topological polar surface area (TPSA) is 67.8 Å². The van der Waals surface area contributed by atoms with Gasteiger partial charge in [0.2, 0.25) is 0 Å². The van der Waals surface area contributed by atoms with E-state index in [2.05, 4.69) is 27.0 Å². The van der Waals surface area contributed by atoms with E-state index in [0.29, 0.717) is 23.6 Å². The molecule has 0 radical (unpaired) electrons. The summed E-state index contributed by atoms with van der Waals surface area (Å²) in [5, 5.41) is 1.12. The normalized spacial score (nSPS) is 16.3. The molecule has 0 bridgehead atoms. The Hall–Kier alpha value is -3.71. The van der Waals surface area contributed by atoms with Crippen molar-refractivity contribution in [2.24, 2.45) is 0 Å². The van der Waals surface area contributed by atoms with E-state index in [1.165, 1.54) is 5.57 Å². The van der Waals surface area contributed by atoms with Gasteiger partial charge in [-0.1, -0.05) is 24.3 Å². The van der Waals surface area contributed by atoms with Gasteiger partial charge in [0.05, 0.1) is 29.6 Å². The van der Waals surface area contributed by atoms with Crippen LogP contribution >= 0.6 is 0 Å². The summed E-state index contributed by atoms with van der Waals surface area (Å²) in [4.78, 5) is 26.4. The third-order valence-corrected chi connectivity index (χ3v) is 6.69. The van der Waals surface area contributed by atoms with Crippen molar-refractivity contribution in [1.29, 1.82) is 0 Å². The fourth-order valence-electron chi connectivity index (χ4n) is 4.70. The van der Waals surface area contributed by atoms with Crippen LogP contribution in [0, 0.1) is 0 Å². The fourth-order valence-corrected chi connectivity index (χ4v) is 4.70. The smallest absolute Gasteiger partial charge is 0.261 e. The summed E-state index contributed by atoms with van der Waals surface area (Å²) in [7, 11) is 1.60. The Morgan fingerprint density at radius 1 is 1.09 bits per heavy atom. The summed E-state index contributed by atoms with van der Waals surface area (Å²) in [6, 6.07) is 13.5. The predicted molar refractivity (Wildman–Crippen MR) is 136 cm³/mol. The predicted octanol–water partition coefficient (Wildman–Crippen LogP) is 4.90. The van der Waals surface area contributed by atoms with Crippen molar-refractivity contribution in [3.05, 3.63) is 78.1 Å². The zero-order valence-electron chi connectivity index (χ0n) is 20.2. The second-order valence-corrected chi connectivity index (χ2v) is 8.92. The number of para-hydroxylation sites is 1. The number of carbonyl (C=O) groups is 1. The second kappa shape index (κ2) is 10.3. The minimum absolute atomic E-state index is 0.0310. The van der Waals surface area contributed by atoms with Crippen molar-refractivity contribution in [3.8, 4) is 11.5 Å². The minimum atomic E-state index is -0.0310. The molecule has 7 nitrogen and oxygen atoms in total. The van der Waals surface area contributed by atoms with Crippen LogP contribution in [0.5, 0.6) is 11.5 Å². The Kier molecular flexibility index (Phi) is 6.77. The van der Waals surface area contributed by atoms with Gasteiger partial charge < -0.3 is 14.4 Å². The summed E-state index contributed by atoms with van der Waals surface area (Å²) in [5.74, 6) is 1.17. The standard InChI is InChI=1S/C28H30N4O3/c1-20-18-35-26-17-22(34-2)9-10-24(26)28(33)32(20)14-6-5-13-31-15-11-21(12-16-31)27-23-7-3-4-8-25(23)29-19-30-27/h3-4,7-11,17-19H,5-6,12-16H2,1-2H3. The van der Waals surface area contributed by atoms with Gasteiger partial charge in [-0.25, -0.2) is 9.97 Å². The van der Waals surface area contributed by atoms with Gasteiger partial charge in [-0.15, -0.1) is 0 Å². The van der Waals surface area contributed by atoms with E-state index in [4.69, 9.17) is 9.47 Å². The van der Waals surface area contributed by atoms with E-state index in [1.807, 2.05) is 30.0 Å². The molecule has 2 aliphatic heterocycles. The number of benzene rings is 2. The van der Waals surface area contributed by atoms with Gasteiger partial charge in [0, 0.05) is 31.1 Å². The van der Waals surface area contributed by atoms with Crippen molar-refractivity contribution in [2.75, 3.05) is 33.3 Å². The summed E-state index contributed by atoms with van der Waals surface area (Å²) in [5.41, 5.74) is 4.71. The van der Waals surface area contributed by atoms with Crippen LogP contribution in [0.1, 0.15) is 42.2 Å². The Morgan fingerprint density at radius 3 is 2.77 bits per heavy atom. The van der Waals surface area contributed by atoms with Crippen LogP contribution in [0.25, 0.3) is 16.5 Å². The van der Waals surface area contributed by atoms with Gasteiger partial charge in [-0.3, -0.25) is 9.69 Å². The lowest BCUT2D eigenvalue weighted by atomic mass is 10.0. The lowest BCUT2D eigenvalue weighted by Crippen LogP contribution is -2.32. The van der Waals surface area contributed by atoms with Crippen molar-refractivity contribution in [1.82, 2.24) is 19.8 Å². The van der Waals surface area contributed by atoms with E-state index in [0.717, 1.165) is 61.2 Å². The lowest BCUT2D eigenvalue weighted by molar-refractivity contribution is 0.0804. The molecule has 5 rings (SSSR count). The zero-order valence-corrected chi connectivity index (χ0v) is 20.2. The average Bonchev–Trinajstić information content (AvgIpc) is 3.02. The van der Waals surface area contributed by atoms with Crippen molar-refractivity contribution in [3.63, 3.8) is 0 Å². The molecule has 3 heterocycles. The molecule has 2 aliphatic rings. The number of carbonyl (C=O) groups excluding carboxylic acids is 1. The zero-order chi connectivity index (χ0) is 24.2. The molecule has 180 valence electrons. The highest BCUT2D eigenvalue weighted by atomic mass is 16.5. The molecule has 0 atom stereocenters. The fraction of sp³-hybridized carbons (Fsp3) is 0.321. The Labute approximate surface area is 205 Å². The first-order chi connectivity index (χ1) is 17.1. The molecule has 2 aromatic carbocycles. The van der Waals surface area contributed by atoms with Gasteiger partial charge in [0.15, 0.2) is 0 Å². The number of rotatable bonds is 7. The molecule has 3 aromatic rings. The van der Waals surface area contributed by atoms with Gasteiger partial charge >= 0.3 is 0 Å². The number of amides is 1. The molecule has 0 aliphatic carbocycles. The summed E-state index contributed by atoms with van der Waals surface area (Å²) in [6.45, 7) is 5.50. The van der Waals surface area contributed by atoms with Crippen LogP contribution in [-0.2, 0) is 0 Å². The van der Waals surface area contributed by atoms with Crippen LogP contribution < -0.4 is 9.47 Å². The molecule has 0 N–H and O–H groups in total. The monoisotopic (exact) mass is 470 g/mol. The van der Waals surface area contributed by atoms with Gasteiger partial charge in [-0.2, -0.15) is 0 Å². The largest absolute Gasteiger partial charge is 0.497 e. The summed E-state index contributed by atoms with van der Waals surface area (Å²) < 4.78 is 11.0. The van der Waals surface area contributed by atoms with Gasteiger partial charge in [0.25, 0.3) is 5.91 Å². The minimum Gasteiger partial charge on any atom is -0.497 e. The molecule has 35 heavy (non-hydrogen) atoms. The van der Waals surface area contributed by atoms with Crippen molar-refractivity contribution < 1.29 is 14.3 Å². The molecule has 0 spiro atoms. The number of aromatic nitrogens is 2. The van der Waals surface area contributed by atoms with E-state index in [-0.39, 0.29) is 5.91 Å². The van der Waals surface area contributed by atoms with E-state index < -0.39 is 0 Å². The number of hydrogen-bond acceptors (Lipinski definition) is 6. The van der Waals surface area contributed by atoms with E-state index in [1.54, 1.807) is 37.9 Å². The molecule has 0 fully saturated rings. The SMILES string of the molecule is COc1ccc2c(c1)OC=C(C)N(CCCCN1CC=C(c3ncnc4ccccc34)CC1)C2=O. The first-order valence-corrected chi connectivity index (χ1v) is 12.1. The third-order valence-electron chi connectivity index (χ3n) is 6.69. The Morgan fingerprint density at radius 2 is 1.94 bits per heavy atom. The molecule has 1 amide bonds. The quantitative estimate of drug-likeness (QED) is 0.458. The number of ether oxygens (including phenoxy) is 2. The first kappa shape index (κ1) is 23.1. The van der Waals surface area contributed by atoms with Crippen LogP contribution in [0.3, 0.4) is 0 Å². The Bertz CT molecular complexity index is 1300. The highest BCUT2D eigenvalue weighted by Crippen LogP contribution is 2.30. The van der Waals surface area contributed by atoms with Crippen LogP contribution in [0.15, 0.2) is 66.8 Å². The van der Waals surface area contributed by atoms with Gasteiger partial charge in [0.1, 0.15) is 24.1 Å². The Balaban J connectivity index is 1.15. The maximum absolute atomic E-state index is 13.1. The maximum atomic E-state index is 13.1. The molecule has 0 saturated carbocycles. The van der Waals surface area contributed by atoms with E-state index in [9.17, 15) is 4.79 Å². The number of fused-ring (bicyclic) bond motifs is 2. The lowest BCUT2D eigenvalue weighted by Gasteiger charge is -2.27. The van der Waals surface area contributed by atoms with Crippen molar-refractivity contribution >= 4 is 22.4 Å². The third kappa shape index (κ3) is 4.91. The molecular formula is C28H30N4O3. The van der Waals surface area contributed by atoms with Crippen LogP contribution in [0.4, 0.5) is 0 Å². The first-order valence-electron chi connectivity index (χ1n) is 12.1. The molecule has 0 saturated heterocycles. The molecular weight excluding hydrogens is 440 g/mol. The summed E-state index contributed by atoms with van der Waals surface area (Å²) >= 11 is 0. The number of methoxy groups -OCH3 is 1. The van der Waals surface area contributed by atoms with E-state index >= 15 is 0 Å². The number of unbranched alkanes of at least 4 members (excludes halogenated alkanes) is 1. The van der Waals surface area contributed by atoms with Crippen LogP contribution in [0.2, 0.25) is 0 Å².